The molecule has 0 aromatic heterocycles. The van der Waals surface area contributed by atoms with Crippen molar-refractivity contribution >= 4 is 15.9 Å². The van der Waals surface area contributed by atoms with Gasteiger partial charge in [0.05, 0.1) is 4.47 Å². The maximum atomic E-state index is 13.0. The highest BCUT2D eigenvalue weighted by Gasteiger charge is 2.09. The van der Waals surface area contributed by atoms with Crippen LogP contribution in [0, 0.1) is 5.82 Å². The predicted octanol–water partition coefficient (Wildman–Crippen LogP) is 3.70. The SMILES string of the molecule is OC(COc1cc(F)ccc1Br)c1ccccc1. The van der Waals surface area contributed by atoms with Crippen LogP contribution in [0.4, 0.5) is 4.39 Å². The van der Waals surface area contributed by atoms with Gasteiger partial charge in [0.2, 0.25) is 0 Å². The number of aliphatic hydroxyl groups is 1. The summed E-state index contributed by atoms with van der Waals surface area (Å²) in [4.78, 5) is 0. The van der Waals surface area contributed by atoms with Crippen molar-refractivity contribution in [2.45, 2.75) is 6.10 Å². The highest BCUT2D eigenvalue weighted by molar-refractivity contribution is 9.10. The molecular weight excluding hydrogens is 299 g/mol. The highest BCUT2D eigenvalue weighted by atomic mass is 79.9. The van der Waals surface area contributed by atoms with Crippen LogP contribution in [0.15, 0.2) is 53.0 Å². The van der Waals surface area contributed by atoms with Gasteiger partial charge in [-0.25, -0.2) is 4.39 Å². The maximum Gasteiger partial charge on any atom is 0.136 e. The smallest absolute Gasteiger partial charge is 0.136 e. The van der Waals surface area contributed by atoms with Crippen LogP contribution in [-0.4, -0.2) is 11.7 Å². The fraction of sp³-hybridized carbons (Fsp3) is 0.143. The average Bonchev–Trinajstić information content (AvgIpc) is 2.40. The number of aliphatic hydroxyl groups excluding tert-OH is 1. The Bertz CT molecular complexity index is 516. The molecule has 0 fully saturated rings. The van der Waals surface area contributed by atoms with E-state index in [9.17, 15) is 9.50 Å². The van der Waals surface area contributed by atoms with Crippen molar-refractivity contribution in [2.75, 3.05) is 6.61 Å². The molecule has 0 aliphatic rings. The van der Waals surface area contributed by atoms with Gasteiger partial charge < -0.3 is 9.84 Å². The van der Waals surface area contributed by atoms with Crippen molar-refractivity contribution < 1.29 is 14.2 Å². The van der Waals surface area contributed by atoms with E-state index in [1.165, 1.54) is 12.1 Å². The van der Waals surface area contributed by atoms with E-state index in [1.807, 2.05) is 30.3 Å². The highest BCUT2D eigenvalue weighted by Crippen LogP contribution is 2.26. The summed E-state index contributed by atoms with van der Waals surface area (Å²) < 4.78 is 19.1. The van der Waals surface area contributed by atoms with Gasteiger partial charge in [0, 0.05) is 6.07 Å². The Labute approximate surface area is 113 Å². The minimum absolute atomic E-state index is 0.0755. The number of hydrogen-bond acceptors (Lipinski definition) is 2. The van der Waals surface area contributed by atoms with E-state index in [0.717, 1.165) is 5.56 Å². The van der Waals surface area contributed by atoms with Crippen LogP contribution in [0.1, 0.15) is 11.7 Å². The molecule has 0 aliphatic carbocycles. The lowest BCUT2D eigenvalue weighted by Crippen LogP contribution is -2.09. The summed E-state index contributed by atoms with van der Waals surface area (Å²) >= 11 is 3.26. The first-order chi connectivity index (χ1) is 8.66. The van der Waals surface area contributed by atoms with Crippen LogP contribution in [0.25, 0.3) is 0 Å². The molecule has 2 nitrogen and oxygen atoms in total. The molecule has 2 aromatic rings. The summed E-state index contributed by atoms with van der Waals surface area (Å²) in [6.45, 7) is 0.0755. The second-order valence-electron chi connectivity index (χ2n) is 3.81. The van der Waals surface area contributed by atoms with Crippen LogP contribution in [0.2, 0.25) is 0 Å². The maximum absolute atomic E-state index is 13.0. The van der Waals surface area contributed by atoms with Crippen molar-refractivity contribution in [3.63, 3.8) is 0 Å². The standard InChI is InChI=1S/C14H12BrFO2/c15-12-7-6-11(16)8-14(12)18-9-13(17)10-4-2-1-3-5-10/h1-8,13,17H,9H2. The van der Waals surface area contributed by atoms with Gasteiger partial charge in [-0.2, -0.15) is 0 Å². The van der Waals surface area contributed by atoms with E-state index in [4.69, 9.17) is 4.74 Å². The fourth-order valence-electron chi connectivity index (χ4n) is 1.53. The number of halogens is 2. The predicted molar refractivity (Wildman–Crippen MR) is 71.0 cm³/mol. The summed E-state index contributed by atoms with van der Waals surface area (Å²) in [7, 11) is 0. The van der Waals surface area contributed by atoms with Crippen molar-refractivity contribution in [3.05, 3.63) is 64.4 Å². The summed E-state index contributed by atoms with van der Waals surface area (Å²) in [5, 5.41) is 9.91. The Balaban J connectivity index is 2.01. The Morgan fingerprint density at radius 3 is 2.61 bits per heavy atom. The van der Waals surface area contributed by atoms with Gasteiger partial charge in [0.25, 0.3) is 0 Å². The molecule has 0 amide bonds. The first-order valence-corrected chi connectivity index (χ1v) is 6.27. The average molecular weight is 311 g/mol. The van der Waals surface area contributed by atoms with Crippen LogP contribution in [0.3, 0.4) is 0 Å². The van der Waals surface area contributed by atoms with E-state index >= 15 is 0 Å². The summed E-state index contributed by atoms with van der Waals surface area (Å²) in [5.41, 5.74) is 0.769. The molecule has 0 bridgehead atoms. The second kappa shape index (κ2) is 5.98. The molecule has 0 saturated heterocycles. The number of hydrogen-bond donors (Lipinski definition) is 1. The van der Waals surface area contributed by atoms with Crippen LogP contribution in [-0.2, 0) is 0 Å². The summed E-state index contributed by atoms with van der Waals surface area (Å²) in [5.74, 6) is 0.00684. The van der Waals surface area contributed by atoms with Gasteiger partial charge in [-0.15, -0.1) is 0 Å². The van der Waals surface area contributed by atoms with E-state index < -0.39 is 6.10 Å². The number of benzene rings is 2. The molecule has 94 valence electrons. The molecule has 0 spiro atoms. The zero-order valence-corrected chi connectivity index (χ0v) is 11.1. The minimum atomic E-state index is -0.735. The van der Waals surface area contributed by atoms with Crippen LogP contribution in [0.5, 0.6) is 5.75 Å². The fourth-order valence-corrected chi connectivity index (χ4v) is 1.89. The molecular formula is C14H12BrFO2. The number of ether oxygens (including phenoxy) is 1. The molecule has 0 radical (unpaired) electrons. The molecule has 2 aromatic carbocycles. The Hall–Kier alpha value is -1.39. The third-order valence-electron chi connectivity index (χ3n) is 2.47. The Kier molecular flexibility index (Phi) is 4.33. The molecule has 1 atom stereocenters. The van der Waals surface area contributed by atoms with Gasteiger partial charge in [-0.1, -0.05) is 30.3 Å². The van der Waals surface area contributed by atoms with E-state index in [1.54, 1.807) is 6.07 Å². The van der Waals surface area contributed by atoms with Gasteiger partial charge in [0.1, 0.15) is 24.3 Å². The molecule has 0 saturated carbocycles. The lowest BCUT2D eigenvalue weighted by Gasteiger charge is -2.13. The summed E-state index contributed by atoms with van der Waals surface area (Å²) in [6.07, 6.45) is -0.735. The lowest BCUT2D eigenvalue weighted by atomic mass is 10.1. The second-order valence-corrected chi connectivity index (χ2v) is 4.67. The zero-order chi connectivity index (χ0) is 13.0. The van der Waals surface area contributed by atoms with Crippen molar-refractivity contribution in [1.29, 1.82) is 0 Å². The van der Waals surface area contributed by atoms with Crippen LogP contribution >= 0.6 is 15.9 Å². The zero-order valence-electron chi connectivity index (χ0n) is 9.51. The molecule has 0 aliphatic heterocycles. The largest absolute Gasteiger partial charge is 0.489 e. The van der Waals surface area contributed by atoms with E-state index in [0.29, 0.717) is 10.2 Å². The van der Waals surface area contributed by atoms with E-state index in [-0.39, 0.29) is 12.4 Å². The molecule has 4 heteroatoms. The third kappa shape index (κ3) is 3.31. The monoisotopic (exact) mass is 310 g/mol. The first-order valence-electron chi connectivity index (χ1n) is 5.47. The van der Waals surface area contributed by atoms with Crippen molar-refractivity contribution in [2.24, 2.45) is 0 Å². The Morgan fingerprint density at radius 1 is 1.17 bits per heavy atom. The number of rotatable bonds is 4. The molecule has 1 N–H and O–H groups in total. The molecule has 0 heterocycles. The minimum Gasteiger partial charge on any atom is -0.489 e. The first kappa shape index (κ1) is 13.1. The molecule has 1 unspecified atom stereocenters. The van der Waals surface area contributed by atoms with Crippen LogP contribution < -0.4 is 4.74 Å². The quantitative estimate of drug-likeness (QED) is 0.933. The van der Waals surface area contributed by atoms with Gasteiger partial charge in [-0.05, 0) is 33.6 Å². The molecule has 2 rings (SSSR count). The van der Waals surface area contributed by atoms with Crippen molar-refractivity contribution in [1.82, 2.24) is 0 Å². The third-order valence-corrected chi connectivity index (χ3v) is 3.13. The summed E-state index contributed by atoms with van der Waals surface area (Å²) in [6, 6.07) is 13.4. The topological polar surface area (TPSA) is 29.5 Å². The van der Waals surface area contributed by atoms with E-state index in [2.05, 4.69) is 15.9 Å². The van der Waals surface area contributed by atoms with Gasteiger partial charge >= 0.3 is 0 Å². The normalized spacial score (nSPS) is 12.2. The Morgan fingerprint density at radius 2 is 1.89 bits per heavy atom. The van der Waals surface area contributed by atoms with Gasteiger partial charge in [-0.3, -0.25) is 0 Å². The lowest BCUT2D eigenvalue weighted by molar-refractivity contribution is 0.107. The van der Waals surface area contributed by atoms with Crippen molar-refractivity contribution in [3.8, 4) is 5.75 Å². The van der Waals surface area contributed by atoms with Gasteiger partial charge in [0.15, 0.2) is 0 Å². The molecule has 18 heavy (non-hydrogen) atoms.